The molecule has 2 N–H and O–H groups in total. The van der Waals surface area contributed by atoms with Crippen molar-refractivity contribution in [2.45, 2.75) is 19.4 Å². The van der Waals surface area contributed by atoms with E-state index < -0.39 is 39.8 Å². The molecule has 1 aliphatic heterocycles. The van der Waals surface area contributed by atoms with Crippen molar-refractivity contribution in [3.8, 4) is 0 Å². The monoisotopic (exact) mass is 340 g/mol. The third-order valence-corrected chi connectivity index (χ3v) is 5.83. The van der Waals surface area contributed by atoms with Gasteiger partial charge in [-0.1, -0.05) is 30.3 Å². The lowest BCUT2D eigenvalue weighted by Crippen LogP contribution is -2.40. The van der Waals surface area contributed by atoms with Crippen LogP contribution in [0.3, 0.4) is 0 Å². The summed E-state index contributed by atoms with van der Waals surface area (Å²) in [6.45, 7) is -13.7. The first-order chi connectivity index (χ1) is 13.5. The van der Waals surface area contributed by atoms with Crippen LogP contribution < -0.4 is 0 Å². The molecule has 0 amide bonds. The van der Waals surface area contributed by atoms with Gasteiger partial charge in [-0.2, -0.15) is 0 Å². The zero-order valence-corrected chi connectivity index (χ0v) is 13.0. The summed E-state index contributed by atoms with van der Waals surface area (Å²) in [5.74, 6) is 0. The Morgan fingerprint density at radius 1 is 1.45 bits per heavy atom. The molecule has 1 aromatic carbocycles. The van der Waals surface area contributed by atoms with E-state index in [1.54, 1.807) is 37.3 Å². The maximum absolute atomic E-state index is 14.1. The van der Waals surface area contributed by atoms with Crippen molar-refractivity contribution in [1.29, 1.82) is 0 Å². The van der Waals surface area contributed by atoms with Gasteiger partial charge in [0.05, 0.1) is 25.2 Å². The molecule has 0 aliphatic carbocycles. The molecular formula is C15H25N2O4P. The first-order valence-electron chi connectivity index (χ1n) is 10.8. The minimum Gasteiger partial charge on any atom is -0.395 e. The fraction of sp³-hybridized carbons (Fsp3) is 0.600. The largest absolute Gasteiger partial charge is 0.395 e. The van der Waals surface area contributed by atoms with Gasteiger partial charge in [-0.15, -0.1) is 0 Å². The van der Waals surface area contributed by atoms with E-state index in [4.69, 9.17) is 15.5 Å². The van der Waals surface area contributed by atoms with E-state index >= 15 is 0 Å². The van der Waals surface area contributed by atoms with Crippen molar-refractivity contribution < 1.29 is 30.3 Å². The summed E-state index contributed by atoms with van der Waals surface area (Å²) in [5.41, 5.74) is 0.614. The predicted octanol–water partition coefficient (Wildman–Crippen LogP) is 1.86. The fourth-order valence-corrected chi connectivity index (χ4v) is 4.52. The Hall–Kier alpha value is -0.750. The van der Waals surface area contributed by atoms with Crippen molar-refractivity contribution >= 4 is 7.67 Å². The van der Waals surface area contributed by atoms with Crippen LogP contribution in [0.25, 0.3) is 0 Å². The summed E-state index contributed by atoms with van der Waals surface area (Å²) in [4.78, 5) is 0. The first kappa shape index (κ1) is 9.52. The summed E-state index contributed by atoms with van der Waals surface area (Å²) in [5, 5.41) is 19.6. The summed E-state index contributed by atoms with van der Waals surface area (Å²) < 4.78 is 82.0. The van der Waals surface area contributed by atoms with Crippen molar-refractivity contribution in [1.82, 2.24) is 9.34 Å². The summed E-state index contributed by atoms with van der Waals surface area (Å²) in [6.07, 6.45) is 0.332. The predicted molar refractivity (Wildman–Crippen MR) is 85.5 cm³/mol. The zero-order chi connectivity index (χ0) is 23.2. The van der Waals surface area contributed by atoms with Crippen LogP contribution in [0, 0.1) is 0 Å². The maximum atomic E-state index is 14.1. The minimum absolute atomic E-state index is 0.0266. The molecular weight excluding hydrogens is 303 g/mol. The second-order valence-electron chi connectivity index (χ2n) is 4.69. The Kier molecular flexibility index (Phi) is 3.55. The Bertz CT molecular complexity index is 761. The molecule has 22 heavy (non-hydrogen) atoms. The highest BCUT2D eigenvalue weighted by atomic mass is 31.2. The molecule has 1 aliphatic rings. The van der Waals surface area contributed by atoms with Crippen molar-refractivity contribution in [3.63, 3.8) is 0 Å². The Labute approximate surface area is 143 Å². The molecule has 0 saturated carbocycles. The van der Waals surface area contributed by atoms with Crippen LogP contribution in [-0.2, 0) is 9.09 Å². The van der Waals surface area contributed by atoms with Gasteiger partial charge in [0.1, 0.15) is 0 Å². The molecule has 1 saturated heterocycles. The molecule has 1 heterocycles. The van der Waals surface area contributed by atoms with Crippen molar-refractivity contribution in [2.24, 2.45) is 0 Å². The Balaban J connectivity index is 2.71. The van der Waals surface area contributed by atoms with Gasteiger partial charge < -0.3 is 14.7 Å². The molecule has 1 fully saturated rings. The molecule has 2 atom stereocenters. The number of rotatable bonds is 7. The molecule has 0 aromatic heterocycles. The lowest BCUT2D eigenvalue weighted by Gasteiger charge is -2.43. The van der Waals surface area contributed by atoms with E-state index in [1.165, 1.54) is 0 Å². The summed E-state index contributed by atoms with van der Waals surface area (Å²) in [7, 11) is -4.87. The Morgan fingerprint density at radius 2 is 2.09 bits per heavy atom. The Morgan fingerprint density at radius 3 is 2.68 bits per heavy atom. The lowest BCUT2D eigenvalue weighted by atomic mass is 10.1. The van der Waals surface area contributed by atoms with E-state index in [9.17, 15) is 14.8 Å². The average molecular weight is 340 g/mol. The van der Waals surface area contributed by atoms with Gasteiger partial charge >= 0.3 is 7.67 Å². The van der Waals surface area contributed by atoms with Crippen LogP contribution in [0.2, 0.25) is 0 Å². The molecule has 2 rings (SSSR count). The highest BCUT2D eigenvalue weighted by molar-refractivity contribution is 7.54. The van der Waals surface area contributed by atoms with Crippen LogP contribution in [0.4, 0.5) is 0 Å². The quantitative estimate of drug-likeness (QED) is 0.738. The summed E-state index contributed by atoms with van der Waals surface area (Å²) in [6, 6.07) is 7.79. The molecule has 7 heteroatoms. The van der Waals surface area contributed by atoms with E-state index in [1.807, 2.05) is 0 Å². The lowest BCUT2D eigenvalue weighted by molar-refractivity contribution is 0.126. The number of hydrogen-bond acceptors (Lipinski definition) is 4. The van der Waals surface area contributed by atoms with Gasteiger partial charge in [0.2, 0.25) is 0 Å². The highest BCUT2D eigenvalue weighted by Gasteiger charge is 2.43. The van der Waals surface area contributed by atoms with Gasteiger partial charge in [0.25, 0.3) is 0 Å². The maximum Gasteiger partial charge on any atom is 0.346 e. The normalized spacial score (nSPS) is 32.5. The van der Waals surface area contributed by atoms with Crippen molar-refractivity contribution in [3.05, 3.63) is 35.9 Å². The second-order valence-corrected chi connectivity index (χ2v) is 6.84. The molecule has 0 radical (unpaired) electrons. The van der Waals surface area contributed by atoms with Crippen LogP contribution in [0.1, 0.15) is 35.9 Å². The topological polar surface area (TPSA) is 73.2 Å². The van der Waals surface area contributed by atoms with Gasteiger partial charge in [-0.05, 0) is 18.9 Å². The van der Waals surface area contributed by atoms with E-state index in [0.29, 0.717) is 12.0 Å². The van der Waals surface area contributed by atoms with Gasteiger partial charge in [0.15, 0.2) is 0 Å². The van der Waals surface area contributed by atoms with Crippen LogP contribution in [0.5, 0.6) is 0 Å². The highest BCUT2D eigenvalue weighted by Crippen LogP contribution is 2.59. The van der Waals surface area contributed by atoms with Gasteiger partial charge in [0, 0.05) is 31.1 Å². The minimum atomic E-state index is -4.87. The van der Waals surface area contributed by atoms with Gasteiger partial charge in [-0.25, -0.2) is 9.34 Å². The molecule has 1 aromatic rings. The SMILES string of the molecule is [2H]C([2H])(O)C([3H])([3H])N(C([3H])([3H])C([2H])([2H])O)P1(=O)OCCCN1C(C)c1ccccc1. The smallest absolute Gasteiger partial charge is 0.346 e. The van der Waals surface area contributed by atoms with E-state index in [-0.39, 0.29) is 17.8 Å². The van der Waals surface area contributed by atoms with Crippen LogP contribution in [0.15, 0.2) is 30.3 Å². The standard InChI is InChI=1S/C15H25N2O4P/c1-14(15-6-3-2-4-7-15)17-8-5-13-21-22(17,20)16(9-11-18)10-12-19/h2-4,6-7,14,18-19H,5,8-13H2,1H3/i9T2,10T2,11D2,12D2. The molecule has 2 unspecified atom stereocenters. The van der Waals surface area contributed by atoms with E-state index in [2.05, 4.69) is 0 Å². The third kappa shape index (κ3) is 3.77. The van der Waals surface area contributed by atoms with E-state index in [0.717, 1.165) is 4.67 Å². The average Bonchev–Trinajstić information content (AvgIpc) is 2.59. The van der Waals surface area contributed by atoms with Crippen LogP contribution in [-0.4, -0.2) is 58.8 Å². The molecule has 0 bridgehead atoms. The zero-order valence-electron chi connectivity index (χ0n) is 20.1. The summed E-state index contributed by atoms with van der Waals surface area (Å²) >= 11 is 0. The first-order valence-corrected chi connectivity index (χ1v) is 8.33. The van der Waals surface area contributed by atoms with Crippen LogP contribution >= 0.6 is 7.67 Å². The number of nitrogens with zero attached hydrogens (tertiary/aromatic N) is 2. The van der Waals surface area contributed by atoms with Crippen molar-refractivity contribution in [2.75, 3.05) is 39.3 Å². The molecule has 6 nitrogen and oxygen atoms in total. The van der Waals surface area contributed by atoms with Gasteiger partial charge in [-0.3, -0.25) is 4.57 Å². The molecule has 124 valence electrons. The number of aliphatic hydroxyl groups is 2. The number of hydrogen-bond donors (Lipinski definition) is 2. The number of benzene rings is 1. The fourth-order valence-electron chi connectivity index (χ4n) is 2.35. The molecule has 0 spiro atoms. The third-order valence-electron chi connectivity index (χ3n) is 3.41. The second kappa shape index (κ2) is 8.20.